The summed E-state index contributed by atoms with van der Waals surface area (Å²) in [5, 5.41) is 8.94. The molecule has 4 nitrogen and oxygen atoms in total. The van der Waals surface area contributed by atoms with Crippen LogP contribution in [-0.4, -0.2) is 35.0 Å². The van der Waals surface area contributed by atoms with Crippen LogP contribution in [0.4, 0.5) is 0 Å². The van der Waals surface area contributed by atoms with Gasteiger partial charge in [0.15, 0.2) is 0 Å². The van der Waals surface area contributed by atoms with E-state index in [2.05, 4.69) is 0 Å². The molecule has 74 valence electrons. The summed E-state index contributed by atoms with van der Waals surface area (Å²) in [4.78, 5) is 22.8. The lowest BCUT2D eigenvalue weighted by molar-refractivity contribution is -0.150. The zero-order valence-electron chi connectivity index (χ0n) is 7.77. The molecule has 13 heavy (non-hydrogen) atoms. The quantitative estimate of drug-likeness (QED) is 0.642. The normalized spacial score (nSPS) is 18.8. The fourth-order valence-corrected chi connectivity index (χ4v) is 1.71. The molecule has 1 fully saturated rings. The molecule has 1 aliphatic carbocycles. The Morgan fingerprint density at radius 3 is 2.54 bits per heavy atom. The van der Waals surface area contributed by atoms with E-state index in [1.54, 1.807) is 6.92 Å². The molecular weight excluding hydrogens is 170 g/mol. The third-order valence-electron chi connectivity index (χ3n) is 2.71. The van der Waals surface area contributed by atoms with Gasteiger partial charge in [-0.3, -0.25) is 4.79 Å². The van der Waals surface area contributed by atoms with Gasteiger partial charge in [0.2, 0.25) is 6.41 Å². The molecule has 1 saturated carbocycles. The molecule has 0 bridgehead atoms. The van der Waals surface area contributed by atoms with E-state index in [1.165, 1.54) is 4.90 Å². The lowest BCUT2D eigenvalue weighted by atomic mass is 9.79. The highest BCUT2D eigenvalue weighted by molar-refractivity contribution is 5.76. The van der Waals surface area contributed by atoms with Crippen molar-refractivity contribution in [3.63, 3.8) is 0 Å². The highest BCUT2D eigenvalue weighted by Crippen LogP contribution is 2.31. The summed E-state index contributed by atoms with van der Waals surface area (Å²) in [5.41, 5.74) is 0. The van der Waals surface area contributed by atoms with E-state index in [1.807, 2.05) is 0 Å². The van der Waals surface area contributed by atoms with E-state index in [9.17, 15) is 9.59 Å². The summed E-state index contributed by atoms with van der Waals surface area (Å²) >= 11 is 0. The van der Waals surface area contributed by atoms with Gasteiger partial charge in [-0.2, -0.15) is 0 Å². The van der Waals surface area contributed by atoms with Crippen molar-refractivity contribution >= 4 is 12.4 Å². The van der Waals surface area contributed by atoms with Crippen molar-refractivity contribution in [2.45, 2.75) is 32.2 Å². The Hall–Kier alpha value is -1.06. The molecule has 0 heterocycles. The Kier molecular flexibility index (Phi) is 3.28. The first-order valence-corrected chi connectivity index (χ1v) is 4.64. The Bertz CT molecular complexity index is 201. The van der Waals surface area contributed by atoms with Crippen LogP contribution >= 0.6 is 0 Å². The van der Waals surface area contributed by atoms with Gasteiger partial charge in [-0.05, 0) is 25.7 Å². The summed E-state index contributed by atoms with van der Waals surface area (Å²) < 4.78 is 0. The number of carbonyl (C=O) groups is 2. The van der Waals surface area contributed by atoms with Gasteiger partial charge in [-0.1, -0.05) is 6.42 Å². The first-order valence-electron chi connectivity index (χ1n) is 4.64. The van der Waals surface area contributed by atoms with E-state index < -0.39 is 12.0 Å². The minimum atomic E-state index is -0.876. The number of rotatable bonds is 5. The number of likely N-dealkylation sites (N-methyl/N-ethyl adjacent to an activating group) is 1. The van der Waals surface area contributed by atoms with E-state index in [4.69, 9.17) is 5.11 Å². The van der Waals surface area contributed by atoms with Gasteiger partial charge in [0.05, 0.1) is 0 Å². The largest absolute Gasteiger partial charge is 0.480 e. The molecule has 1 aliphatic rings. The second-order valence-corrected chi connectivity index (χ2v) is 3.41. The van der Waals surface area contributed by atoms with Crippen molar-refractivity contribution in [2.24, 2.45) is 5.92 Å². The fraction of sp³-hybridized carbons (Fsp3) is 0.778. The minimum Gasteiger partial charge on any atom is -0.480 e. The predicted octanol–water partition coefficient (Wildman–Crippen LogP) is 0.718. The summed E-state index contributed by atoms with van der Waals surface area (Å²) in [6.07, 6.45) is 3.59. The number of hydrogen-bond donors (Lipinski definition) is 1. The van der Waals surface area contributed by atoms with Crippen molar-refractivity contribution in [3.8, 4) is 0 Å². The molecule has 0 aromatic heterocycles. The summed E-state index contributed by atoms with van der Waals surface area (Å²) in [6, 6.07) is -0.601. The monoisotopic (exact) mass is 185 g/mol. The van der Waals surface area contributed by atoms with Gasteiger partial charge in [0, 0.05) is 6.54 Å². The smallest absolute Gasteiger partial charge is 0.326 e. The number of carboxylic acids is 1. The van der Waals surface area contributed by atoms with Crippen molar-refractivity contribution in [2.75, 3.05) is 6.54 Å². The first kappa shape index (κ1) is 10.0. The summed E-state index contributed by atoms with van der Waals surface area (Å²) in [7, 11) is 0. The third kappa shape index (κ3) is 1.99. The topological polar surface area (TPSA) is 57.6 Å². The Balaban J connectivity index is 2.64. The molecule has 0 radical (unpaired) electrons. The van der Waals surface area contributed by atoms with Crippen LogP contribution in [0.25, 0.3) is 0 Å². The lowest BCUT2D eigenvalue weighted by Crippen LogP contribution is -2.47. The van der Waals surface area contributed by atoms with Crippen molar-refractivity contribution < 1.29 is 14.7 Å². The predicted molar refractivity (Wildman–Crippen MR) is 47.2 cm³/mol. The molecule has 1 N–H and O–H groups in total. The van der Waals surface area contributed by atoms with Gasteiger partial charge in [0.25, 0.3) is 0 Å². The second-order valence-electron chi connectivity index (χ2n) is 3.41. The maximum absolute atomic E-state index is 10.9. The first-order chi connectivity index (χ1) is 6.20. The molecule has 1 unspecified atom stereocenters. The second kappa shape index (κ2) is 4.25. The molecule has 0 spiro atoms. The van der Waals surface area contributed by atoms with Crippen molar-refractivity contribution in [1.29, 1.82) is 0 Å². The molecule has 0 aliphatic heterocycles. The third-order valence-corrected chi connectivity index (χ3v) is 2.71. The van der Waals surface area contributed by atoms with Crippen LogP contribution in [0.15, 0.2) is 0 Å². The summed E-state index contributed by atoms with van der Waals surface area (Å²) in [5.74, 6) is -0.707. The maximum atomic E-state index is 10.9. The van der Waals surface area contributed by atoms with E-state index in [0.717, 1.165) is 19.3 Å². The Labute approximate surface area is 77.5 Å². The van der Waals surface area contributed by atoms with Gasteiger partial charge < -0.3 is 10.0 Å². The van der Waals surface area contributed by atoms with Crippen molar-refractivity contribution in [3.05, 3.63) is 0 Å². The number of aliphatic carboxylic acids is 1. The average Bonchev–Trinajstić information content (AvgIpc) is 2.01. The molecule has 1 amide bonds. The standard InChI is InChI=1S/C9H15NO3/c1-2-10(6-11)8(9(12)13)7-4-3-5-7/h6-8H,2-5H2,1H3,(H,12,13). The van der Waals surface area contributed by atoms with Gasteiger partial charge in [-0.15, -0.1) is 0 Å². The zero-order chi connectivity index (χ0) is 9.84. The van der Waals surface area contributed by atoms with Crippen LogP contribution in [0.3, 0.4) is 0 Å². The minimum absolute atomic E-state index is 0.169. The molecule has 4 heteroatoms. The Morgan fingerprint density at radius 1 is 1.69 bits per heavy atom. The maximum Gasteiger partial charge on any atom is 0.326 e. The van der Waals surface area contributed by atoms with Crippen LogP contribution in [0.1, 0.15) is 26.2 Å². The zero-order valence-corrected chi connectivity index (χ0v) is 7.77. The fourth-order valence-electron chi connectivity index (χ4n) is 1.71. The molecule has 1 atom stereocenters. The van der Waals surface area contributed by atoms with E-state index >= 15 is 0 Å². The number of nitrogens with zero attached hydrogens (tertiary/aromatic N) is 1. The molecule has 0 aromatic carbocycles. The average molecular weight is 185 g/mol. The number of hydrogen-bond acceptors (Lipinski definition) is 2. The van der Waals surface area contributed by atoms with Gasteiger partial charge in [0.1, 0.15) is 6.04 Å². The lowest BCUT2D eigenvalue weighted by Gasteiger charge is -2.36. The van der Waals surface area contributed by atoms with E-state index in [0.29, 0.717) is 13.0 Å². The molecule has 1 rings (SSSR count). The molecule has 0 aromatic rings. The molecule has 0 saturated heterocycles. The molecular formula is C9H15NO3. The number of amides is 1. The Morgan fingerprint density at radius 2 is 2.31 bits per heavy atom. The van der Waals surface area contributed by atoms with Crippen LogP contribution in [0.2, 0.25) is 0 Å². The SMILES string of the molecule is CCN(C=O)C(C(=O)O)C1CCC1. The number of carbonyl (C=O) groups excluding carboxylic acids is 1. The van der Waals surface area contributed by atoms with E-state index in [-0.39, 0.29) is 5.92 Å². The highest BCUT2D eigenvalue weighted by atomic mass is 16.4. The van der Waals surface area contributed by atoms with Gasteiger partial charge in [-0.25, -0.2) is 4.79 Å². The summed E-state index contributed by atoms with van der Waals surface area (Å²) in [6.45, 7) is 2.26. The number of carboxylic acid groups (broad SMARTS) is 1. The van der Waals surface area contributed by atoms with Crippen LogP contribution in [0.5, 0.6) is 0 Å². The highest BCUT2D eigenvalue weighted by Gasteiger charge is 2.35. The van der Waals surface area contributed by atoms with Crippen LogP contribution in [0, 0.1) is 5.92 Å². The van der Waals surface area contributed by atoms with Crippen LogP contribution in [-0.2, 0) is 9.59 Å². The van der Waals surface area contributed by atoms with Crippen LogP contribution < -0.4 is 0 Å². The van der Waals surface area contributed by atoms with Crippen molar-refractivity contribution in [1.82, 2.24) is 4.90 Å². The van der Waals surface area contributed by atoms with Gasteiger partial charge >= 0.3 is 5.97 Å².